The molecule has 4 heterocycles. The molecule has 3 amide bonds. The third kappa shape index (κ3) is 7.12. The molecule has 5 atom stereocenters. The molecule has 10 heteroatoms. The second-order valence-electron chi connectivity index (χ2n) is 15.9. The smallest absolute Gasteiger partial charge is 0.264 e. The minimum atomic E-state index is -3.03. The number of rotatable bonds is 10. The van der Waals surface area contributed by atoms with Gasteiger partial charge in [-0.1, -0.05) is 54.5 Å². The van der Waals surface area contributed by atoms with Crippen LogP contribution in [0.3, 0.4) is 0 Å². The summed E-state index contributed by atoms with van der Waals surface area (Å²) >= 11 is 0. The van der Waals surface area contributed by atoms with Gasteiger partial charge < -0.3 is 29.3 Å². The lowest BCUT2D eigenvalue weighted by Crippen LogP contribution is -2.48. The van der Waals surface area contributed by atoms with E-state index in [1.807, 2.05) is 67.4 Å². The Kier molecular flexibility index (Phi) is 10.8. The van der Waals surface area contributed by atoms with Crippen LogP contribution < -0.4 is 9.80 Å². The van der Waals surface area contributed by atoms with Crippen LogP contribution in [0.5, 0.6) is 0 Å². The van der Waals surface area contributed by atoms with Crippen LogP contribution in [0.15, 0.2) is 65.8 Å². The van der Waals surface area contributed by atoms with Crippen molar-refractivity contribution in [1.29, 1.82) is 0 Å². The molecule has 0 aliphatic carbocycles. The molecule has 1 spiro atoms. The van der Waals surface area contributed by atoms with Crippen molar-refractivity contribution < 1.29 is 29.0 Å². The Morgan fingerprint density at radius 1 is 1.06 bits per heavy atom. The zero-order valence-electron chi connectivity index (χ0n) is 31.2. The van der Waals surface area contributed by atoms with Crippen molar-refractivity contribution in [2.45, 2.75) is 116 Å². The molecular formula is C41H55N3O6Si. The van der Waals surface area contributed by atoms with Gasteiger partial charge in [-0.25, -0.2) is 0 Å². The lowest BCUT2D eigenvalue weighted by atomic mass is 9.82. The van der Waals surface area contributed by atoms with E-state index < -0.39 is 31.5 Å². The minimum Gasteiger partial charge on any atom is -0.432 e. The van der Waals surface area contributed by atoms with Crippen molar-refractivity contribution in [2.75, 3.05) is 29.5 Å². The van der Waals surface area contributed by atoms with Gasteiger partial charge >= 0.3 is 0 Å². The van der Waals surface area contributed by atoms with Crippen LogP contribution in [0.2, 0.25) is 18.6 Å². The van der Waals surface area contributed by atoms with Gasteiger partial charge in [-0.05, 0) is 95.3 Å². The predicted molar refractivity (Wildman–Crippen MR) is 203 cm³/mol. The van der Waals surface area contributed by atoms with E-state index in [1.165, 1.54) is 11.1 Å². The lowest BCUT2D eigenvalue weighted by molar-refractivity contribution is -0.150. The molecule has 6 rings (SSSR count). The third-order valence-corrected chi connectivity index (χ3v) is 14.1. The van der Waals surface area contributed by atoms with E-state index in [-0.39, 0.29) is 36.8 Å². The molecule has 2 aromatic carbocycles. The number of benzene rings is 2. The van der Waals surface area contributed by atoms with E-state index >= 15 is 0 Å². The highest BCUT2D eigenvalue weighted by Gasteiger charge is 2.66. The fourth-order valence-electron chi connectivity index (χ4n) is 8.96. The fraction of sp³-hybridized carbons (Fsp3) is 0.537. The van der Waals surface area contributed by atoms with Gasteiger partial charge in [0.25, 0.3) is 5.91 Å². The Bertz CT molecular complexity index is 1730. The summed E-state index contributed by atoms with van der Waals surface area (Å²) < 4.78 is 7.04. The predicted octanol–water partition coefficient (Wildman–Crippen LogP) is 6.38. The lowest BCUT2D eigenvalue weighted by Gasteiger charge is -2.37. The topological polar surface area (TPSA) is 111 Å². The number of hydrogen-bond donors (Lipinski definition) is 2. The first-order valence-electron chi connectivity index (χ1n) is 18.7. The summed E-state index contributed by atoms with van der Waals surface area (Å²) in [5, 5.41) is 10.3. The first kappa shape index (κ1) is 37.2. The minimum absolute atomic E-state index is 0.0112. The molecule has 2 saturated heterocycles. The first-order chi connectivity index (χ1) is 24.3. The Balaban J connectivity index is 1.37. The van der Waals surface area contributed by atoms with Gasteiger partial charge in [0.1, 0.15) is 0 Å². The largest absolute Gasteiger partial charge is 0.432 e. The van der Waals surface area contributed by atoms with Crippen molar-refractivity contribution in [3.8, 4) is 0 Å². The molecule has 2 N–H and O–H groups in total. The number of aliphatic hydroxyl groups is 1. The van der Waals surface area contributed by atoms with E-state index in [4.69, 9.17) is 4.74 Å². The maximum atomic E-state index is 15.0. The van der Waals surface area contributed by atoms with Gasteiger partial charge in [0.2, 0.25) is 11.8 Å². The van der Waals surface area contributed by atoms with Gasteiger partial charge in [0.15, 0.2) is 13.9 Å². The summed E-state index contributed by atoms with van der Waals surface area (Å²) in [6.45, 7) is 13.2. The highest BCUT2D eigenvalue weighted by Crippen LogP contribution is 2.60. The molecule has 51 heavy (non-hydrogen) atoms. The second-order valence-corrected chi connectivity index (χ2v) is 19.9. The molecule has 0 radical (unpaired) electrons. The number of carbonyl (C=O) groups excluding carboxylic acids is 3. The monoisotopic (exact) mass is 713 g/mol. The van der Waals surface area contributed by atoms with Crippen LogP contribution in [0, 0.1) is 5.92 Å². The average molecular weight is 714 g/mol. The Morgan fingerprint density at radius 3 is 2.49 bits per heavy atom. The summed E-state index contributed by atoms with van der Waals surface area (Å²) in [6, 6.07) is 13.5. The van der Waals surface area contributed by atoms with E-state index in [9.17, 15) is 24.3 Å². The Hall–Kier alpha value is -3.57. The van der Waals surface area contributed by atoms with Gasteiger partial charge in [-0.2, -0.15) is 0 Å². The summed E-state index contributed by atoms with van der Waals surface area (Å²) in [5.41, 5.74) is 4.97. The number of fused-ring (bicyclic) bond motifs is 3. The molecule has 0 aromatic heterocycles. The summed E-state index contributed by atoms with van der Waals surface area (Å²) in [7, 11) is -3.03. The molecule has 274 valence electrons. The van der Waals surface area contributed by atoms with Gasteiger partial charge in [0.05, 0.1) is 30.9 Å². The van der Waals surface area contributed by atoms with Crippen molar-refractivity contribution in [1.82, 2.24) is 4.90 Å². The van der Waals surface area contributed by atoms with Gasteiger partial charge in [-0.3, -0.25) is 14.4 Å². The quantitative estimate of drug-likeness (QED) is 0.219. The highest BCUT2D eigenvalue weighted by molar-refractivity contribution is 6.71. The number of carbonyl (C=O) groups is 3. The molecule has 4 aliphatic heterocycles. The first-order valence-corrected chi connectivity index (χ1v) is 21.7. The van der Waals surface area contributed by atoms with Crippen LogP contribution in [0.25, 0.3) is 0 Å². The zero-order chi connectivity index (χ0) is 36.7. The molecule has 9 nitrogen and oxygen atoms in total. The number of amides is 3. The molecule has 0 unspecified atom stereocenters. The van der Waals surface area contributed by atoms with E-state index in [2.05, 4.69) is 32.9 Å². The van der Waals surface area contributed by atoms with Crippen molar-refractivity contribution in [3.05, 3.63) is 82.5 Å². The fourth-order valence-corrected chi connectivity index (χ4v) is 11.5. The van der Waals surface area contributed by atoms with Crippen LogP contribution in [-0.4, -0.2) is 72.7 Å². The number of allylic oxidation sites excluding steroid dienone is 3. The molecular weight excluding hydrogens is 659 g/mol. The van der Waals surface area contributed by atoms with Crippen molar-refractivity contribution in [3.63, 3.8) is 0 Å². The summed E-state index contributed by atoms with van der Waals surface area (Å²) in [5.74, 6) is -0.729. The number of piperidine rings is 1. The molecule has 0 saturated carbocycles. The van der Waals surface area contributed by atoms with Crippen LogP contribution >= 0.6 is 0 Å². The number of aliphatic hydroxyl groups excluding tert-OH is 1. The molecule has 2 aromatic rings. The SMILES string of the molecule is CC(C)=CCC/C(C)=C/CN1C(=O)[C@@]2(O[C@@H](CC(=O)N3Cc4ccccc4C[C@H]3CO)[C@H]([Si](C)(C)O)[C@H]2C)c2cc(N3CCCCC3=O)ccc21. The van der Waals surface area contributed by atoms with E-state index in [1.54, 1.807) is 9.80 Å². The Labute approximate surface area is 304 Å². The van der Waals surface area contributed by atoms with E-state index in [0.29, 0.717) is 38.0 Å². The van der Waals surface area contributed by atoms with Crippen LogP contribution in [0.4, 0.5) is 11.4 Å². The third-order valence-electron chi connectivity index (χ3n) is 11.6. The summed E-state index contributed by atoms with van der Waals surface area (Å²) in [4.78, 5) is 59.5. The van der Waals surface area contributed by atoms with Gasteiger partial charge in [0, 0.05) is 48.8 Å². The zero-order valence-corrected chi connectivity index (χ0v) is 32.2. The van der Waals surface area contributed by atoms with Crippen molar-refractivity contribution in [2.24, 2.45) is 5.92 Å². The van der Waals surface area contributed by atoms with E-state index in [0.717, 1.165) is 48.2 Å². The number of nitrogens with zero attached hydrogens (tertiary/aromatic N) is 3. The molecule has 2 fully saturated rings. The number of hydrogen-bond acceptors (Lipinski definition) is 6. The number of anilines is 2. The summed E-state index contributed by atoms with van der Waals surface area (Å²) in [6.07, 6.45) is 8.24. The van der Waals surface area contributed by atoms with Gasteiger partial charge in [-0.15, -0.1) is 0 Å². The average Bonchev–Trinajstić information content (AvgIpc) is 3.52. The van der Waals surface area contributed by atoms with Crippen LogP contribution in [-0.2, 0) is 37.7 Å². The normalized spacial score (nSPS) is 26.5. The van der Waals surface area contributed by atoms with Crippen LogP contribution in [0.1, 0.15) is 82.9 Å². The number of ether oxygens (including phenoxy) is 1. The molecule has 4 aliphatic rings. The second kappa shape index (κ2) is 14.8. The Morgan fingerprint density at radius 2 is 1.80 bits per heavy atom. The standard InChI is InChI=1S/C41H55N3O6Si/c1-27(2)12-11-13-28(3)19-21-43-35-18-17-32(42-20-10-9-16-37(42)46)23-34(35)41(40(43)48)29(4)39(51(5,6)49)36(50-41)24-38(47)44-25-31-15-8-7-14-30(31)22-33(44)26-45/h7-8,12,14-15,17-19,23,29,33,36,39,45,49H,9-11,13,16,20-22,24-26H2,1-6H3/b28-19+/t29-,33+,36+,39-,41+/m1/s1. The van der Waals surface area contributed by atoms with Crippen molar-refractivity contribution >= 4 is 37.4 Å². The maximum Gasteiger partial charge on any atom is 0.264 e. The highest BCUT2D eigenvalue weighted by atomic mass is 28.4. The molecule has 0 bridgehead atoms. The maximum absolute atomic E-state index is 15.0.